The second-order valence-corrected chi connectivity index (χ2v) is 6.22. The van der Waals surface area contributed by atoms with Crippen LogP contribution in [0.25, 0.3) is 0 Å². The van der Waals surface area contributed by atoms with Crippen LogP contribution in [0.2, 0.25) is 0 Å². The topological polar surface area (TPSA) is 40.5 Å². The van der Waals surface area contributed by atoms with E-state index in [1.54, 1.807) is 0 Å². The second kappa shape index (κ2) is 9.35. The fourth-order valence-corrected chi connectivity index (χ4v) is 2.30. The number of hydrogen-bond donors (Lipinski definition) is 1. The van der Waals surface area contributed by atoms with Crippen molar-refractivity contribution in [3.05, 3.63) is 0 Å². The first-order valence-corrected chi connectivity index (χ1v) is 7.83. The highest BCUT2D eigenvalue weighted by atomic mass is 16.4. The normalized spacial score (nSPS) is 12.4. The average molecular weight is 271 g/mol. The number of rotatable bonds is 11. The molecule has 0 aliphatic heterocycles. The number of nitrogens with zero attached hydrogens (tertiary/aromatic N) is 1. The van der Waals surface area contributed by atoms with Gasteiger partial charge in [-0.1, -0.05) is 40.0 Å². The third-order valence-electron chi connectivity index (χ3n) is 4.22. The van der Waals surface area contributed by atoms with Gasteiger partial charge in [-0.25, -0.2) is 0 Å². The van der Waals surface area contributed by atoms with Gasteiger partial charge in [-0.15, -0.1) is 0 Å². The summed E-state index contributed by atoms with van der Waals surface area (Å²) in [6, 6.07) is 0. The summed E-state index contributed by atoms with van der Waals surface area (Å²) in [5.74, 6) is 0.118. The van der Waals surface area contributed by atoms with Crippen LogP contribution in [0, 0.1) is 11.3 Å². The number of unbranched alkanes of at least 4 members (excludes halogenated alkanes) is 1. The summed E-state index contributed by atoms with van der Waals surface area (Å²) >= 11 is 0. The summed E-state index contributed by atoms with van der Waals surface area (Å²) in [5.41, 5.74) is -0.577. The van der Waals surface area contributed by atoms with Gasteiger partial charge >= 0.3 is 5.97 Å². The van der Waals surface area contributed by atoms with Crippen molar-refractivity contribution >= 4 is 5.97 Å². The lowest BCUT2D eigenvalue weighted by Crippen LogP contribution is -2.30. The maximum atomic E-state index is 11.0. The minimum Gasteiger partial charge on any atom is -0.481 e. The standard InChI is InChI=1S/C16H33NO2/c1-6-14(7-2)13-17(8-3)12-10-9-11-16(4,5)15(18)19/h14H,6-13H2,1-5H3,(H,18,19). The van der Waals surface area contributed by atoms with Crippen molar-refractivity contribution in [1.29, 1.82) is 0 Å². The van der Waals surface area contributed by atoms with Crippen molar-refractivity contribution in [3.63, 3.8) is 0 Å². The molecule has 0 amide bonds. The highest BCUT2D eigenvalue weighted by Crippen LogP contribution is 2.23. The van der Waals surface area contributed by atoms with E-state index in [0.29, 0.717) is 0 Å². The summed E-state index contributed by atoms with van der Waals surface area (Å²) in [5, 5.41) is 9.07. The number of hydrogen-bond acceptors (Lipinski definition) is 2. The average Bonchev–Trinajstić information content (AvgIpc) is 2.38. The van der Waals surface area contributed by atoms with Crippen molar-refractivity contribution in [1.82, 2.24) is 4.90 Å². The van der Waals surface area contributed by atoms with E-state index in [4.69, 9.17) is 5.11 Å². The van der Waals surface area contributed by atoms with Gasteiger partial charge in [0.2, 0.25) is 0 Å². The van der Waals surface area contributed by atoms with Gasteiger partial charge in [0, 0.05) is 6.54 Å². The van der Waals surface area contributed by atoms with E-state index in [1.807, 2.05) is 13.8 Å². The molecule has 3 nitrogen and oxygen atoms in total. The molecule has 0 fully saturated rings. The molecule has 0 saturated heterocycles. The van der Waals surface area contributed by atoms with Gasteiger partial charge in [0.05, 0.1) is 5.41 Å². The molecule has 0 rings (SSSR count). The van der Waals surface area contributed by atoms with Crippen LogP contribution in [-0.2, 0) is 4.79 Å². The van der Waals surface area contributed by atoms with Crippen LogP contribution in [0.1, 0.15) is 66.7 Å². The Morgan fingerprint density at radius 2 is 1.74 bits per heavy atom. The predicted octanol–water partition coefficient (Wildman–Crippen LogP) is 4.03. The lowest BCUT2D eigenvalue weighted by Gasteiger charge is -2.26. The number of carboxylic acids is 1. The highest BCUT2D eigenvalue weighted by molar-refractivity contribution is 5.73. The molecule has 0 saturated carbocycles. The third kappa shape index (κ3) is 7.56. The molecule has 0 spiro atoms. The first kappa shape index (κ1) is 18.4. The minimum atomic E-state index is -0.683. The Hall–Kier alpha value is -0.570. The van der Waals surface area contributed by atoms with Gasteiger partial charge in [-0.05, 0) is 45.7 Å². The fourth-order valence-electron chi connectivity index (χ4n) is 2.30. The number of carbonyl (C=O) groups is 1. The summed E-state index contributed by atoms with van der Waals surface area (Å²) in [7, 11) is 0. The molecule has 0 heterocycles. The molecular formula is C16H33NO2. The zero-order chi connectivity index (χ0) is 14.9. The van der Waals surface area contributed by atoms with Crippen LogP contribution in [0.15, 0.2) is 0 Å². The van der Waals surface area contributed by atoms with E-state index in [2.05, 4.69) is 25.7 Å². The van der Waals surface area contributed by atoms with Crippen LogP contribution in [0.3, 0.4) is 0 Å². The fraction of sp³-hybridized carbons (Fsp3) is 0.938. The third-order valence-corrected chi connectivity index (χ3v) is 4.22. The zero-order valence-electron chi connectivity index (χ0n) is 13.5. The minimum absolute atomic E-state index is 0.577. The Balaban J connectivity index is 3.93. The first-order valence-electron chi connectivity index (χ1n) is 7.83. The SMILES string of the molecule is CCC(CC)CN(CC)CCCCC(C)(C)C(=O)O. The summed E-state index contributed by atoms with van der Waals surface area (Å²) in [4.78, 5) is 13.5. The molecule has 0 radical (unpaired) electrons. The van der Waals surface area contributed by atoms with Crippen molar-refractivity contribution in [2.45, 2.75) is 66.7 Å². The molecule has 0 bridgehead atoms. The van der Waals surface area contributed by atoms with Gasteiger partial charge in [0.1, 0.15) is 0 Å². The van der Waals surface area contributed by atoms with E-state index in [0.717, 1.165) is 38.3 Å². The molecule has 114 valence electrons. The Kier molecular flexibility index (Phi) is 9.07. The Morgan fingerprint density at radius 3 is 2.16 bits per heavy atom. The zero-order valence-corrected chi connectivity index (χ0v) is 13.5. The number of aliphatic carboxylic acids is 1. The van der Waals surface area contributed by atoms with E-state index < -0.39 is 11.4 Å². The van der Waals surface area contributed by atoms with Gasteiger partial charge < -0.3 is 10.0 Å². The van der Waals surface area contributed by atoms with Crippen molar-refractivity contribution in [3.8, 4) is 0 Å². The molecule has 0 atom stereocenters. The number of carboxylic acid groups (broad SMARTS) is 1. The Bertz CT molecular complexity index is 247. The molecule has 0 aliphatic carbocycles. The molecule has 1 N–H and O–H groups in total. The molecule has 0 aromatic rings. The predicted molar refractivity (Wildman–Crippen MR) is 81.5 cm³/mol. The van der Waals surface area contributed by atoms with Gasteiger partial charge in [-0.3, -0.25) is 4.79 Å². The van der Waals surface area contributed by atoms with Crippen LogP contribution < -0.4 is 0 Å². The largest absolute Gasteiger partial charge is 0.481 e. The molecule has 0 aromatic heterocycles. The molecule has 0 aromatic carbocycles. The molecule has 0 unspecified atom stereocenters. The second-order valence-electron chi connectivity index (χ2n) is 6.22. The maximum Gasteiger partial charge on any atom is 0.309 e. The van der Waals surface area contributed by atoms with E-state index in [1.165, 1.54) is 19.4 Å². The van der Waals surface area contributed by atoms with E-state index in [9.17, 15) is 4.79 Å². The van der Waals surface area contributed by atoms with Crippen molar-refractivity contribution in [2.75, 3.05) is 19.6 Å². The first-order chi connectivity index (χ1) is 8.87. The maximum absolute atomic E-state index is 11.0. The van der Waals surface area contributed by atoms with Gasteiger partial charge in [0.25, 0.3) is 0 Å². The smallest absolute Gasteiger partial charge is 0.309 e. The van der Waals surface area contributed by atoms with E-state index >= 15 is 0 Å². The lowest BCUT2D eigenvalue weighted by atomic mass is 9.87. The Morgan fingerprint density at radius 1 is 1.16 bits per heavy atom. The molecular weight excluding hydrogens is 238 g/mol. The molecule has 0 aliphatic rings. The quantitative estimate of drug-likeness (QED) is 0.577. The molecule has 3 heteroatoms. The Labute approximate surface area is 119 Å². The van der Waals surface area contributed by atoms with Crippen LogP contribution in [0.4, 0.5) is 0 Å². The van der Waals surface area contributed by atoms with Crippen molar-refractivity contribution < 1.29 is 9.90 Å². The lowest BCUT2D eigenvalue weighted by molar-refractivity contribution is -0.147. The van der Waals surface area contributed by atoms with Crippen LogP contribution in [0.5, 0.6) is 0 Å². The van der Waals surface area contributed by atoms with Gasteiger partial charge in [-0.2, -0.15) is 0 Å². The monoisotopic (exact) mass is 271 g/mol. The van der Waals surface area contributed by atoms with Crippen LogP contribution >= 0.6 is 0 Å². The van der Waals surface area contributed by atoms with Crippen LogP contribution in [-0.4, -0.2) is 35.6 Å². The summed E-state index contributed by atoms with van der Waals surface area (Å²) < 4.78 is 0. The summed E-state index contributed by atoms with van der Waals surface area (Å²) in [6.45, 7) is 13.7. The molecule has 19 heavy (non-hydrogen) atoms. The van der Waals surface area contributed by atoms with E-state index in [-0.39, 0.29) is 0 Å². The summed E-state index contributed by atoms with van der Waals surface area (Å²) in [6.07, 6.45) is 5.37. The highest BCUT2D eigenvalue weighted by Gasteiger charge is 2.26. The van der Waals surface area contributed by atoms with Crippen molar-refractivity contribution in [2.24, 2.45) is 11.3 Å². The van der Waals surface area contributed by atoms with Gasteiger partial charge in [0.15, 0.2) is 0 Å².